The molecule has 0 spiro atoms. The van der Waals surface area contributed by atoms with Gasteiger partial charge in [-0.2, -0.15) is 0 Å². The van der Waals surface area contributed by atoms with Crippen molar-refractivity contribution in [1.82, 2.24) is 0 Å². The monoisotopic (exact) mass is 360 g/mol. The molecule has 2 aromatic carbocycles. The lowest BCUT2D eigenvalue weighted by Gasteiger charge is -2.28. The first-order valence-electron chi connectivity index (χ1n) is 6.64. The molecule has 4 nitrogen and oxygen atoms in total. The summed E-state index contributed by atoms with van der Waals surface area (Å²) in [5.41, 5.74) is 1.34. The zero-order valence-electron chi connectivity index (χ0n) is 11.7. The number of aliphatic hydroxyl groups is 1. The summed E-state index contributed by atoms with van der Waals surface area (Å²) in [6.45, 7) is 0. The average molecular weight is 361 g/mol. The van der Waals surface area contributed by atoms with Crippen molar-refractivity contribution in [2.75, 3.05) is 7.11 Å². The molecule has 1 unspecified atom stereocenters. The van der Waals surface area contributed by atoms with Crippen LogP contribution < -0.4 is 4.74 Å². The second-order valence-corrected chi connectivity index (χ2v) is 5.72. The van der Waals surface area contributed by atoms with E-state index in [0.717, 1.165) is 10.0 Å². The van der Waals surface area contributed by atoms with Crippen LogP contribution in [0.2, 0.25) is 0 Å². The molecule has 0 bridgehead atoms. The number of methoxy groups -OCH3 is 1. The van der Waals surface area contributed by atoms with Crippen LogP contribution in [0, 0.1) is 0 Å². The number of hydrogen-bond donors (Lipinski definition) is 1. The molecule has 0 aliphatic carbocycles. The highest BCUT2D eigenvalue weighted by Gasteiger charge is 2.35. The molecule has 0 saturated heterocycles. The Kier molecular flexibility index (Phi) is 3.90. The molecule has 0 radical (unpaired) electrons. The van der Waals surface area contributed by atoms with Crippen molar-refractivity contribution in [3.8, 4) is 5.75 Å². The third-order valence-corrected chi connectivity index (χ3v) is 4.01. The first-order valence-corrected chi connectivity index (χ1v) is 7.44. The summed E-state index contributed by atoms with van der Waals surface area (Å²) in [6.07, 6.45) is -0.713. The summed E-state index contributed by atoms with van der Waals surface area (Å²) in [5.74, 6) is -0.192. The number of benzene rings is 2. The molecule has 0 saturated carbocycles. The number of halogens is 1. The fourth-order valence-corrected chi connectivity index (χ4v) is 2.67. The Morgan fingerprint density at radius 1 is 1.18 bits per heavy atom. The summed E-state index contributed by atoms with van der Waals surface area (Å²) in [5, 5.41) is 10.5. The predicted octanol–water partition coefficient (Wildman–Crippen LogP) is 4.02. The van der Waals surface area contributed by atoms with Gasteiger partial charge in [-0.05, 0) is 29.8 Å². The van der Waals surface area contributed by atoms with Crippen molar-refractivity contribution in [2.45, 2.75) is 6.10 Å². The molecule has 0 aromatic heterocycles. The van der Waals surface area contributed by atoms with E-state index in [-0.39, 0.29) is 11.3 Å². The maximum Gasteiger partial charge on any atom is 0.341 e. The summed E-state index contributed by atoms with van der Waals surface area (Å²) in [6, 6.07) is 14.4. The highest BCUT2D eigenvalue weighted by atomic mass is 79.9. The van der Waals surface area contributed by atoms with Crippen molar-refractivity contribution >= 4 is 27.7 Å². The van der Waals surface area contributed by atoms with Crippen molar-refractivity contribution in [1.29, 1.82) is 0 Å². The molecule has 0 fully saturated rings. The first kappa shape index (κ1) is 14.7. The Morgan fingerprint density at radius 2 is 1.86 bits per heavy atom. The number of fused-ring (bicyclic) bond motifs is 1. The number of carbonyl (C=O) groups is 1. The Bertz CT molecular complexity index is 750. The van der Waals surface area contributed by atoms with Gasteiger partial charge < -0.3 is 14.6 Å². The van der Waals surface area contributed by atoms with Gasteiger partial charge in [0, 0.05) is 4.47 Å². The number of ether oxygens (including phenoxy) is 2. The Morgan fingerprint density at radius 3 is 2.55 bits per heavy atom. The van der Waals surface area contributed by atoms with Crippen molar-refractivity contribution in [3.05, 3.63) is 69.7 Å². The second-order valence-electron chi connectivity index (χ2n) is 4.80. The minimum atomic E-state index is -0.713. The van der Waals surface area contributed by atoms with Gasteiger partial charge in [-0.3, -0.25) is 0 Å². The van der Waals surface area contributed by atoms with Crippen LogP contribution in [0.1, 0.15) is 17.2 Å². The van der Waals surface area contributed by atoms with Gasteiger partial charge in [-0.15, -0.1) is 0 Å². The fourth-order valence-electron chi connectivity index (χ4n) is 2.41. The van der Waals surface area contributed by atoms with Crippen LogP contribution in [-0.4, -0.2) is 18.2 Å². The molecule has 0 amide bonds. The van der Waals surface area contributed by atoms with E-state index < -0.39 is 12.1 Å². The molecular formula is C17H13BrO4. The molecule has 1 N–H and O–H groups in total. The Hall–Kier alpha value is -2.27. The molecule has 2 aromatic rings. The number of hydrogen-bond acceptors (Lipinski definition) is 4. The van der Waals surface area contributed by atoms with E-state index in [2.05, 4.69) is 15.9 Å². The standard InChI is InChI=1S/C17H13BrO4/c1-21-17(20)14-15(19)12-4-2-3-5-13(12)22-16(14)10-6-8-11(18)9-7-10/h2-9,16,19H,1H3. The Balaban J connectivity index is 2.16. The number of para-hydroxylation sites is 1. The molecule has 3 rings (SSSR count). The lowest BCUT2D eigenvalue weighted by molar-refractivity contribution is -0.137. The minimum absolute atomic E-state index is 0.100. The van der Waals surface area contributed by atoms with Crippen LogP contribution in [0.5, 0.6) is 5.75 Å². The van der Waals surface area contributed by atoms with Gasteiger partial charge in [0.05, 0.1) is 12.7 Å². The van der Waals surface area contributed by atoms with E-state index >= 15 is 0 Å². The lowest BCUT2D eigenvalue weighted by atomic mass is 9.94. The van der Waals surface area contributed by atoms with E-state index in [1.165, 1.54) is 7.11 Å². The van der Waals surface area contributed by atoms with E-state index in [1.807, 2.05) is 30.3 Å². The number of rotatable bonds is 2. The summed E-state index contributed by atoms with van der Waals surface area (Å²) < 4.78 is 11.7. The smallest absolute Gasteiger partial charge is 0.341 e. The maximum absolute atomic E-state index is 12.1. The van der Waals surface area contributed by atoms with E-state index in [4.69, 9.17) is 9.47 Å². The zero-order chi connectivity index (χ0) is 15.7. The van der Waals surface area contributed by atoms with Crippen LogP contribution in [0.25, 0.3) is 5.76 Å². The van der Waals surface area contributed by atoms with Crippen LogP contribution in [0.15, 0.2) is 58.6 Å². The number of carbonyl (C=O) groups excluding carboxylic acids is 1. The van der Waals surface area contributed by atoms with Gasteiger partial charge >= 0.3 is 5.97 Å². The Labute approximate surface area is 136 Å². The SMILES string of the molecule is COC(=O)C1=C(O)c2ccccc2OC1c1ccc(Br)cc1. The van der Waals surface area contributed by atoms with Crippen molar-refractivity contribution in [3.63, 3.8) is 0 Å². The molecule has 5 heteroatoms. The van der Waals surface area contributed by atoms with Gasteiger partial charge in [-0.25, -0.2) is 4.79 Å². The topological polar surface area (TPSA) is 55.8 Å². The fraction of sp³-hybridized carbons (Fsp3) is 0.118. The summed E-state index contributed by atoms with van der Waals surface area (Å²) >= 11 is 3.37. The molecule has 22 heavy (non-hydrogen) atoms. The molecule has 1 heterocycles. The highest BCUT2D eigenvalue weighted by Crippen LogP contribution is 2.41. The van der Waals surface area contributed by atoms with Crippen LogP contribution in [-0.2, 0) is 9.53 Å². The van der Waals surface area contributed by atoms with Gasteiger partial charge in [-0.1, -0.05) is 40.2 Å². The normalized spacial score (nSPS) is 16.7. The zero-order valence-corrected chi connectivity index (χ0v) is 13.3. The van der Waals surface area contributed by atoms with Gasteiger partial charge in [0.25, 0.3) is 0 Å². The third kappa shape index (κ3) is 2.48. The number of aliphatic hydroxyl groups excluding tert-OH is 1. The average Bonchev–Trinajstić information content (AvgIpc) is 2.55. The van der Waals surface area contributed by atoms with E-state index in [1.54, 1.807) is 18.2 Å². The van der Waals surface area contributed by atoms with E-state index in [0.29, 0.717) is 11.3 Å². The van der Waals surface area contributed by atoms with Crippen LogP contribution in [0.3, 0.4) is 0 Å². The molecule has 1 atom stereocenters. The summed E-state index contributed by atoms with van der Waals surface area (Å²) in [4.78, 5) is 12.1. The number of esters is 1. The van der Waals surface area contributed by atoms with Crippen LogP contribution >= 0.6 is 15.9 Å². The highest BCUT2D eigenvalue weighted by molar-refractivity contribution is 9.10. The summed E-state index contributed by atoms with van der Waals surface area (Å²) in [7, 11) is 1.28. The third-order valence-electron chi connectivity index (χ3n) is 3.48. The van der Waals surface area contributed by atoms with Crippen LogP contribution in [0.4, 0.5) is 0 Å². The second kappa shape index (κ2) is 5.85. The molecule has 1 aliphatic rings. The van der Waals surface area contributed by atoms with Crippen molar-refractivity contribution < 1.29 is 19.4 Å². The van der Waals surface area contributed by atoms with Gasteiger partial charge in [0.15, 0.2) is 6.10 Å². The molecular weight excluding hydrogens is 348 g/mol. The van der Waals surface area contributed by atoms with E-state index in [9.17, 15) is 9.90 Å². The van der Waals surface area contributed by atoms with Crippen molar-refractivity contribution in [2.24, 2.45) is 0 Å². The molecule has 112 valence electrons. The lowest BCUT2D eigenvalue weighted by Crippen LogP contribution is -2.23. The quantitative estimate of drug-likeness (QED) is 0.821. The van der Waals surface area contributed by atoms with Gasteiger partial charge in [0.1, 0.15) is 17.1 Å². The largest absolute Gasteiger partial charge is 0.506 e. The van der Waals surface area contributed by atoms with Gasteiger partial charge in [0.2, 0.25) is 0 Å². The molecule has 1 aliphatic heterocycles. The minimum Gasteiger partial charge on any atom is -0.506 e. The predicted molar refractivity (Wildman–Crippen MR) is 85.5 cm³/mol. The maximum atomic E-state index is 12.1. The first-order chi connectivity index (χ1) is 10.6.